The van der Waals surface area contributed by atoms with E-state index in [1.165, 1.54) is 4.90 Å². The number of hydrogen-bond acceptors (Lipinski definition) is 4. The molecule has 4 aromatic carbocycles. The van der Waals surface area contributed by atoms with E-state index in [0.717, 1.165) is 39.7 Å². The first-order valence-electron chi connectivity index (χ1n) is 14.4. The SMILES string of the molecule is CCCNC(=O)[C@@H](Cc1ccccc1)N(Cc1ccc(Cl)cc1Cl)C(=O)CN(c1ccc(C)cc1)S(=O)(=O)c1ccc(F)cc1. The van der Waals surface area contributed by atoms with Crippen LogP contribution >= 0.6 is 23.2 Å². The number of anilines is 1. The molecule has 45 heavy (non-hydrogen) atoms. The molecule has 0 bridgehead atoms. The highest BCUT2D eigenvalue weighted by Crippen LogP contribution is 2.27. The summed E-state index contributed by atoms with van der Waals surface area (Å²) >= 11 is 12.7. The van der Waals surface area contributed by atoms with Gasteiger partial charge in [0, 0.05) is 29.6 Å². The molecule has 11 heteroatoms. The van der Waals surface area contributed by atoms with E-state index in [4.69, 9.17) is 23.2 Å². The molecular weight excluding hydrogens is 636 g/mol. The Labute approximate surface area is 273 Å². The first-order chi connectivity index (χ1) is 21.5. The summed E-state index contributed by atoms with van der Waals surface area (Å²) in [7, 11) is -4.34. The van der Waals surface area contributed by atoms with Crippen LogP contribution in [0.25, 0.3) is 0 Å². The molecule has 0 spiro atoms. The van der Waals surface area contributed by atoms with Crippen LogP contribution in [0.15, 0.2) is 102 Å². The molecule has 0 saturated heterocycles. The molecule has 0 aliphatic heterocycles. The molecule has 0 aliphatic carbocycles. The number of nitrogens with one attached hydrogen (secondary N) is 1. The van der Waals surface area contributed by atoms with E-state index in [1.54, 1.807) is 42.5 Å². The number of rotatable bonds is 13. The van der Waals surface area contributed by atoms with Crippen LogP contribution in [0.4, 0.5) is 10.1 Å². The van der Waals surface area contributed by atoms with Crippen molar-refractivity contribution in [2.75, 3.05) is 17.4 Å². The lowest BCUT2D eigenvalue weighted by atomic mass is 10.0. The fraction of sp³-hybridized carbons (Fsp3) is 0.235. The van der Waals surface area contributed by atoms with Crippen molar-refractivity contribution in [2.45, 2.75) is 44.2 Å². The highest BCUT2D eigenvalue weighted by atomic mass is 35.5. The Morgan fingerprint density at radius 1 is 0.911 bits per heavy atom. The fourth-order valence-corrected chi connectivity index (χ4v) is 6.61. The van der Waals surface area contributed by atoms with Gasteiger partial charge in [-0.3, -0.25) is 13.9 Å². The monoisotopic (exact) mass is 669 g/mol. The summed E-state index contributed by atoms with van der Waals surface area (Å²) in [4.78, 5) is 29.3. The summed E-state index contributed by atoms with van der Waals surface area (Å²) < 4.78 is 42.7. The van der Waals surface area contributed by atoms with E-state index in [0.29, 0.717) is 28.6 Å². The zero-order valence-corrected chi connectivity index (χ0v) is 27.2. The summed E-state index contributed by atoms with van der Waals surface area (Å²) in [6.45, 7) is 3.43. The van der Waals surface area contributed by atoms with E-state index in [2.05, 4.69) is 5.32 Å². The minimum Gasteiger partial charge on any atom is -0.354 e. The van der Waals surface area contributed by atoms with Gasteiger partial charge >= 0.3 is 0 Å². The van der Waals surface area contributed by atoms with Gasteiger partial charge in [-0.25, -0.2) is 12.8 Å². The van der Waals surface area contributed by atoms with Crippen molar-refractivity contribution in [1.29, 1.82) is 0 Å². The lowest BCUT2D eigenvalue weighted by Crippen LogP contribution is -2.53. The highest BCUT2D eigenvalue weighted by molar-refractivity contribution is 7.92. The molecule has 0 radical (unpaired) electrons. The minimum absolute atomic E-state index is 0.0930. The summed E-state index contributed by atoms with van der Waals surface area (Å²) in [5.74, 6) is -1.62. The zero-order chi connectivity index (χ0) is 32.6. The third kappa shape index (κ3) is 8.84. The van der Waals surface area contributed by atoms with Gasteiger partial charge in [0.15, 0.2) is 0 Å². The number of carbonyl (C=O) groups is 2. The van der Waals surface area contributed by atoms with E-state index >= 15 is 0 Å². The summed E-state index contributed by atoms with van der Waals surface area (Å²) in [6, 6.07) is 24.1. The lowest BCUT2D eigenvalue weighted by Gasteiger charge is -2.34. The van der Waals surface area contributed by atoms with E-state index in [1.807, 2.05) is 44.2 Å². The normalized spacial score (nSPS) is 11.9. The van der Waals surface area contributed by atoms with Gasteiger partial charge in [-0.1, -0.05) is 84.2 Å². The fourth-order valence-electron chi connectivity index (χ4n) is 4.73. The van der Waals surface area contributed by atoms with Crippen molar-refractivity contribution in [3.63, 3.8) is 0 Å². The number of carbonyl (C=O) groups excluding carboxylic acids is 2. The Balaban J connectivity index is 1.81. The van der Waals surface area contributed by atoms with Gasteiger partial charge in [-0.05, 0) is 73.0 Å². The van der Waals surface area contributed by atoms with Crippen LogP contribution < -0.4 is 9.62 Å². The Kier molecular flexibility index (Phi) is 11.6. The third-order valence-electron chi connectivity index (χ3n) is 7.18. The van der Waals surface area contributed by atoms with E-state index < -0.39 is 34.3 Å². The van der Waals surface area contributed by atoms with Crippen LogP contribution in [0, 0.1) is 12.7 Å². The predicted molar refractivity (Wildman–Crippen MR) is 176 cm³/mol. The number of aryl methyl sites for hydroxylation is 1. The van der Waals surface area contributed by atoms with Crippen LogP contribution in [0.1, 0.15) is 30.0 Å². The standard InChI is InChI=1S/C34H34Cl2FN3O4S/c1-3-19-38-34(42)32(20-25-7-5-4-6-8-25)39(22-26-11-12-27(35)21-31(26)36)33(41)23-40(29-15-9-24(2)10-16-29)45(43,44)30-17-13-28(37)14-18-30/h4-18,21,32H,3,19-20,22-23H2,1-2H3,(H,38,42)/t32-/m1/s1. The molecule has 1 atom stereocenters. The van der Waals surface area contributed by atoms with Crippen LogP contribution in [0.2, 0.25) is 10.0 Å². The number of amides is 2. The molecule has 0 fully saturated rings. The first-order valence-corrected chi connectivity index (χ1v) is 16.6. The van der Waals surface area contributed by atoms with Gasteiger partial charge < -0.3 is 10.2 Å². The highest BCUT2D eigenvalue weighted by Gasteiger charge is 2.35. The number of nitrogens with zero attached hydrogens (tertiary/aromatic N) is 2. The molecule has 236 valence electrons. The molecule has 4 rings (SSSR count). The Morgan fingerprint density at radius 2 is 1.58 bits per heavy atom. The van der Waals surface area contributed by atoms with Crippen LogP contribution in [-0.2, 0) is 32.6 Å². The van der Waals surface area contributed by atoms with Crippen molar-refractivity contribution in [2.24, 2.45) is 0 Å². The van der Waals surface area contributed by atoms with Crippen molar-refractivity contribution in [3.8, 4) is 0 Å². The Bertz CT molecular complexity index is 1720. The van der Waals surface area contributed by atoms with Gasteiger partial charge in [-0.2, -0.15) is 0 Å². The van der Waals surface area contributed by atoms with Crippen molar-refractivity contribution in [3.05, 3.63) is 130 Å². The first kappa shape index (κ1) is 34.0. The van der Waals surface area contributed by atoms with Crippen LogP contribution in [0.5, 0.6) is 0 Å². The second kappa shape index (κ2) is 15.4. The van der Waals surface area contributed by atoms with E-state index in [9.17, 15) is 22.4 Å². The molecule has 7 nitrogen and oxygen atoms in total. The van der Waals surface area contributed by atoms with Crippen molar-refractivity contribution in [1.82, 2.24) is 10.2 Å². The molecule has 0 aliphatic rings. The number of benzene rings is 4. The van der Waals surface area contributed by atoms with Crippen LogP contribution in [0.3, 0.4) is 0 Å². The maximum Gasteiger partial charge on any atom is 0.264 e. The topological polar surface area (TPSA) is 86.8 Å². The van der Waals surface area contributed by atoms with Crippen LogP contribution in [-0.4, -0.2) is 44.3 Å². The number of sulfonamides is 1. The van der Waals surface area contributed by atoms with Gasteiger partial charge in [0.05, 0.1) is 10.6 Å². The van der Waals surface area contributed by atoms with Crippen molar-refractivity contribution < 1.29 is 22.4 Å². The summed E-state index contributed by atoms with van der Waals surface area (Å²) in [5, 5.41) is 3.59. The van der Waals surface area contributed by atoms with Crippen molar-refractivity contribution >= 4 is 50.7 Å². The molecule has 0 heterocycles. The van der Waals surface area contributed by atoms with Gasteiger partial charge in [0.25, 0.3) is 10.0 Å². The number of halogens is 3. The smallest absolute Gasteiger partial charge is 0.264 e. The molecule has 2 amide bonds. The quantitative estimate of drug-likeness (QED) is 0.170. The average Bonchev–Trinajstić information content (AvgIpc) is 3.02. The Hall–Kier alpha value is -3.92. The molecule has 0 saturated carbocycles. The molecule has 0 aromatic heterocycles. The average molecular weight is 671 g/mol. The molecule has 4 aromatic rings. The predicted octanol–water partition coefficient (Wildman–Crippen LogP) is 6.80. The summed E-state index contributed by atoms with van der Waals surface area (Å²) in [5.41, 5.74) is 2.46. The van der Waals surface area contributed by atoms with Gasteiger partial charge in [0.2, 0.25) is 11.8 Å². The largest absolute Gasteiger partial charge is 0.354 e. The maximum atomic E-state index is 14.4. The Morgan fingerprint density at radius 3 is 2.20 bits per heavy atom. The zero-order valence-electron chi connectivity index (χ0n) is 24.9. The third-order valence-corrected chi connectivity index (χ3v) is 9.55. The van der Waals surface area contributed by atoms with E-state index in [-0.39, 0.29) is 29.5 Å². The second-order valence-corrected chi connectivity index (χ2v) is 13.3. The lowest BCUT2D eigenvalue weighted by molar-refractivity contribution is -0.140. The summed E-state index contributed by atoms with van der Waals surface area (Å²) in [6.07, 6.45) is 0.848. The maximum absolute atomic E-state index is 14.4. The second-order valence-electron chi connectivity index (χ2n) is 10.6. The van der Waals surface area contributed by atoms with Gasteiger partial charge in [0.1, 0.15) is 18.4 Å². The van der Waals surface area contributed by atoms with Gasteiger partial charge in [-0.15, -0.1) is 0 Å². The molecule has 0 unspecified atom stereocenters. The molecule has 1 N–H and O–H groups in total. The number of hydrogen-bond donors (Lipinski definition) is 1. The minimum atomic E-state index is -4.34. The molecular formula is C34H34Cl2FN3O4S.